The second kappa shape index (κ2) is 10.6. The van der Waals surface area contributed by atoms with E-state index in [2.05, 4.69) is 16.0 Å². The van der Waals surface area contributed by atoms with Crippen molar-refractivity contribution in [3.05, 3.63) is 54.1 Å². The predicted octanol–water partition coefficient (Wildman–Crippen LogP) is 3.04. The highest BCUT2D eigenvalue weighted by molar-refractivity contribution is 6.04. The van der Waals surface area contributed by atoms with E-state index in [1.54, 1.807) is 36.4 Å². The van der Waals surface area contributed by atoms with Crippen LogP contribution >= 0.6 is 0 Å². The smallest absolute Gasteiger partial charge is 0.255 e. The zero-order valence-electron chi connectivity index (χ0n) is 16.6. The van der Waals surface area contributed by atoms with Crippen LogP contribution in [-0.4, -0.2) is 44.2 Å². The van der Waals surface area contributed by atoms with Gasteiger partial charge in [-0.3, -0.25) is 9.59 Å². The van der Waals surface area contributed by atoms with Gasteiger partial charge in [0.25, 0.3) is 5.91 Å². The Labute approximate surface area is 170 Å². The van der Waals surface area contributed by atoms with Crippen LogP contribution in [0.4, 0.5) is 11.4 Å². The molecule has 29 heavy (non-hydrogen) atoms. The van der Waals surface area contributed by atoms with E-state index in [1.807, 2.05) is 19.1 Å². The molecule has 0 radical (unpaired) electrons. The Morgan fingerprint density at radius 1 is 1.03 bits per heavy atom. The Kier molecular flexibility index (Phi) is 7.61. The molecule has 3 rings (SSSR count). The van der Waals surface area contributed by atoms with E-state index < -0.39 is 0 Å². The van der Waals surface area contributed by atoms with Gasteiger partial charge >= 0.3 is 0 Å². The van der Waals surface area contributed by atoms with E-state index in [9.17, 15) is 9.59 Å². The van der Waals surface area contributed by atoms with Gasteiger partial charge in [0.2, 0.25) is 5.91 Å². The highest BCUT2D eigenvalue weighted by Gasteiger charge is 2.15. The second-order valence-electron chi connectivity index (χ2n) is 6.80. The molecule has 1 aliphatic heterocycles. The minimum atomic E-state index is -0.217. The molecule has 0 spiro atoms. The molecule has 0 aliphatic carbocycles. The number of rotatable bonds is 9. The predicted molar refractivity (Wildman–Crippen MR) is 112 cm³/mol. The molecule has 7 heteroatoms. The van der Waals surface area contributed by atoms with Gasteiger partial charge in [0.15, 0.2) is 0 Å². The lowest BCUT2D eigenvalue weighted by Crippen LogP contribution is -2.33. The van der Waals surface area contributed by atoms with Crippen molar-refractivity contribution in [3.8, 4) is 5.75 Å². The van der Waals surface area contributed by atoms with Gasteiger partial charge in [-0.05, 0) is 68.3 Å². The number of hydrogen-bond donors (Lipinski definition) is 3. The molecular weight excluding hydrogens is 370 g/mol. The number of hydrogen-bond acceptors (Lipinski definition) is 5. The van der Waals surface area contributed by atoms with Crippen LogP contribution in [0.2, 0.25) is 0 Å². The summed E-state index contributed by atoms with van der Waals surface area (Å²) in [5.74, 6) is 0.413. The lowest BCUT2D eigenvalue weighted by molar-refractivity contribution is -0.115. The first kappa shape index (κ1) is 20.8. The van der Waals surface area contributed by atoms with Gasteiger partial charge in [-0.25, -0.2) is 0 Å². The van der Waals surface area contributed by atoms with Gasteiger partial charge in [-0.15, -0.1) is 0 Å². The molecule has 1 aliphatic rings. The summed E-state index contributed by atoms with van der Waals surface area (Å²) in [6.07, 6.45) is 2.32. The first-order valence-electron chi connectivity index (χ1n) is 9.90. The van der Waals surface area contributed by atoms with Gasteiger partial charge in [-0.2, -0.15) is 0 Å². The molecule has 3 N–H and O–H groups in total. The molecule has 0 saturated carbocycles. The Morgan fingerprint density at radius 3 is 2.38 bits per heavy atom. The molecule has 1 fully saturated rings. The third-order valence-corrected chi connectivity index (χ3v) is 4.54. The van der Waals surface area contributed by atoms with Gasteiger partial charge in [0.1, 0.15) is 5.75 Å². The normalized spacial score (nSPS) is 15.7. The molecule has 1 heterocycles. The number of benzene rings is 2. The largest absolute Gasteiger partial charge is 0.494 e. The number of carbonyl (C=O) groups excluding carboxylic acids is 2. The number of amides is 2. The van der Waals surface area contributed by atoms with Crippen molar-refractivity contribution in [2.45, 2.75) is 25.9 Å². The van der Waals surface area contributed by atoms with Crippen LogP contribution in [0, 0.1) is 0 Å². The maximum absolute atomic E-state index is 12.4. The fraction of sp³-hybridized carbons (Fsp3) is 0.364. The molecule has 2 aromatic rings. The minimum absolute atomic E-state index is 0.130. The van der Waals surface area contributed by atoms with E-state index in [4.69, 9.17) is 9.47 Å². The van der Waals surface area contributed by atoms with Crippen LogP contribution < -0.4 is 20.7 Å². The topological polar surface area (TPSA) is 88.7 Å². The van der Waals surface area contributed by atoms with E-state index >= 15 is 0 Å². The zero-order chi connectivity index (χ0) is 20.5. The number of carbonyl (C=O) groups is 2. The SMILES string of the molecule is CCOc1ccc(NC(=O)c2ccc(NC(=O)CNCC3CCCO3)cc2)cc1. The fourth-order valence-electron chi connectivity index (χ4n) is 3.07. The Balaban J connectivity index is 1.44. The first-order chi connectivity index (χ1) is 14.1. The van der Waals surface area contributed by atoms with Crippen molar-refractivity contribution in [1.82, 2.24) is 5.32 Å². The summed E-state index contributed by atoms with van der Waals surface area (Å²) in [6.45, 7) is 4.22. The Hall–Kier alpha value is -2.90. The average Bonchev–Trinajstić information content (AvgIpc) is 3.24. The molecule has 2 aromatic carbocycles. The lowest BCUT2D eigenvalue weighted by Gasteiger charge is -2.11. The van der Waals surface area contributed by atoms with Crippen LogP contribution in [0.1, 0.15) is 30.1 Å². The molecule has 1 saturated heterocycles. The van der Waals surface area contributed by atoms with Crippen molar-refractivity contribution in [2.24, 2.45) is 0 Å². The van der Waals surface area contributed by atoms with Crippen LogP contribution in [-0.2, 0) is 9.53 Å². The van der Waals surface area contributed by atoms with Gasteiger partial charge < -0.3 is 25.4 Å². The summed E-state index contributed by atoms with van der Waals surface area (Å²) in [6, 6.07) is 14.0. The van der Waals surface area contributed by atoms with E-state index in [1.165, 1.54) is 0 Å². The molecule has 0 aromatic heterocycles. The lowest BCUT2D eigenvalue weighted by atomic mass is 10.2. The van der Waals surface area contributed by atoms with Crippen LogP contribution in [0.5, 0.6) is 5.75 Å². The summed E-state index contributed by atoms with van der Waals surface area (Å²) in [5.41, 5.74) is 1.84. The molecule has 154 valence electrons. The number of nitrogens with one attached hydrogen (secondary N) is 3. The first-order valence-corrected chi connectivity index (χ1v) is 9.90. The molecule has 1 atom stereocenters. The van der Waals surface area contributed by atoms with Crippen molar-refractivity contribution in [3.63, 3.8) is 0 Å². The van der Waals surface area contributed by atoms with Gasteiger partial charge in [0.05, 0.1) is 19.3 Å². The summed E-state index contributed by atoms with van der Waals surface area (Å²) < 4.78 is 10.9. The quantitative estimate of drug-likeness (QED) is 0.605. The number of ether oxygens (including phenoxy) is 2. The monoisotopic (exact) mass is 397 g/mol. The van der Waals surface area contributed by atoms with Gasteiger partial charge in [0, 0.05) is 30.1 Å². The summed E-state index contributed by atoms with van der Waals surface area (Å²) in [7, 11) is 0. The Bertz CT molecular complexity index is 800. The molecule has 2 amide bonds. The van der Waals surface area contributed by atoms with E-state index in [-0.39, 0.29) is 24.5 Å². The van der Waals surface area contributed by atoms with E-state index in [0.717, 1.165) is 25.2 Å². The fourth-order valence-corrected chi connectivity index (χ4v) is 3.07. The zero-order valence-corrected chi connectivity index (χ0v) is 16.6. The molecule has 7 nitrogen and oxygen atoms in total. The third kappa shape index (κ3) is 6.58. The van der Waals surface area contributed by atoms with Crippen LogP contribution in [0.25, 0.3) is 0 Å². The highest BCUT2D eigenvalue weighted by atomic mass is 16.5. The van der Waals surface area contributed by atoms with Gasteiger partial charge in [-0.1, -0.05) is 0 Å². The Morgan fingerprint density at radius 2 is 1.72 bits per heavy atom. The van der Waals surface area contributed by atoms with Crippen molar-refractivity contribution < 1.29 is 19.1 Å². The molecule has 0 bridgehead atoms. The molecular formula is C22H27N3O4. The average molecular weight is 397 g/mol. The van der Waals surface area contributed by atoms with Crippen molar-refractivity contribution in [2.75, 3.05) is 36.9 Å². The summed E-state index contributed by atoms with van der Waals surface area (Å²) >= 11 is 0. The summed E-state index contributed by atoms with van der Waals surface area (Å²) in [5, 5.41) is 8.76. The number of anilines is 2. The third-order valence-electron chi connectivity index (χ3n) is 4.54. The van der Waals surface area contributed by atoms with Crippen molar-refractivity contribution in [1.29, 1.82) is 0 Å². The maximum atomic E-state index is 12.4. The minimum Gasteiger partial charge on any atom is -0.494 e. The standard InChI is InChI=1S/C22H27N3O4/c1-2-28-19-11-9-18(10-12-19)25-22(27)16-5-7-17(8-6-16)24-21(26)15-23-14-20-4-3-13-29-20/h5-12,20,23H,2-4,13-15H2,1H3,(H,24,26)(H,25,27). The maximum Gasteiger partial charge on any atom is 0.255 e. The summed E-state index contributed by atoms with van der Waals surface area (Å²) in [4.78, 5) is 24.4. The van der Waals surface area contributed by atoms with Crippen molar-refractivity contribution >= 4 is 23.2 Å². The highest BCUT2D eigenvalue weighted by Crippen LogP contribution is 2.17. The second-order valence-corrected chi connectivity index (χ2v) is 6.80. The molecule has 1 unspecified atom stereocenters. The van der Waals surface area contributed by atoms with E-state index in [0.29, 0.717) is 30.1 Å². The van der Waals surface area contributed by atoms with Crippen LogP contribution in [0.3, 0.4) is 0 Å². The van der Waals surface area contributed by atoms with Crippen LogP contribution in [0.15, 0.2) is 48.5 Å².